The van der Waals surface area contributed by atoms with Crippen LogP contribution in [0.15, 0.2) is 252 Å². The number of aromatic amines is 1. The Bertz CT molecular complexity index is 5040. The van der Waals surface area contributed by atoms with Crippen LogP contribution >= 0.6 is 22.7 Å². The lowest BCUT2D eigenvalue weighted by molar-refractivity contribution is 0.174. The minimum atomic E-state index is -0.0313. The van der Waals surface area contributed by atoms with E-state index in [0.717, 1.165) is 62.4 Å². The molecule has 108 heavy (non-hydrogen) atoms. The van der Waals surface area contributed by atoms with E-state index in [9.17, 15) is 4.79 Å². The molecule has 1 N–H and O–H groups in total. The van der Waals surface area contributed by atoms with E-state index in [1.54, 1.807) is 51.0 Å². The van der Waals surface area contributed by atoms with E-state index in [4.69, 9.17) is 13.9 Å². The third-order valence-electron chi connectivity index (χ3n) is 18.9. The number of ether oxygens (including phenoxy) is 2. The van der Waals surface area contributed by atoms with Crippen LogP contribution in [0, 0.1) is 5.92 Å². The van der Waals surface area contributed by atoms with E-state index in [0.29, 0.717) is 48.2 Å². The fraction of sp³-hybridized carbons (Fsp3) is 0.326. The van der Waals surface area contributed by atoms with Crippen LogP contribution in [0.25, 0.3) is 63.9 Å². The molecule has 0 amide bonds. The van der Waals surface area contributed by atoms with Gasteiger partial charge in [0.05, 0.1) is 59.6 Å². The molecule has 7 aromatic heterocycles. The van der Waals surface area contributed by atoms with Crippen molar-refractivity contribution < 1.29 is 13.9 Å². The predicted octanol–water partition coefficient (Wildman–Crippen LogP) is 27.1. The van der Waals surface area contributed by atoms with Crippen LogP contribution in [-0.4, -0.2) is 41.3 Å². The maximum absolute atomic E-state index is 11.5. The first-order chi connectivity index (χ1) is 52.0. The van der Waals surface area contributed by atoms with Gasteiger partial charge in [-0.15, -0.1) is 22.7 Å². The highest BCUT2D eigenvalue weighted by atomic mass is 32.1. The van der Waals surface area contributed by atoms with Gasteiger partial charge in [0.25, 0.3) is 0 Å². The number of fused-ring (bicyclic) bond motifs is 8. The van der Waals surface area contributed by atoms with Crippen LogP contribution < -0.4 is 15.2 Å². The molecule has 562 valence electrons. The summed E-state index contributed by atoms with van der Waals surface area (Å²) in [5, 5.41) is 9.86. The molecule has 0 saturated carbocycles. The Kier molecular flexibility index (Phi) is 30.5. The van der Waals surface area contributed by atoms with Gasteiger partial charge in [0.2, 0.25) is 6.79 Å². The van der Waals surface area contributed by atoms with Crippen molar-refractivity contribution in [3.8, 4) is 11.5 Å². The van der Waals surface area contributed by atoms with Gasteiger partial charge < -0.3 is 18.9 Å². The fourth-order valence-corrected chi connectivity index (χ4v) is 15.0. The van der Waals surface area contributed by atoms with Crippen molar-refractivity contribution in [2.45, 2.75) is 191 Å². The molecule has 15 aromatic rings. The van der Waals surface area contributed by atoms with Gasteiger partial charge in [-0.05, 0) is 190 Å². The zero-order chi connectivity index (χ0) is 77.4. The molecule has 8 aromatic carbocycles. The van der Waals surface area contributed by atoms with Crippen LogP contribution in [0.4, 0.5) is 0 Å². The second-order valence-corrected chi connectivity index (χ2v) is 32.0. The topological polar surface area (TPSA) is 134 Å². The summed E-state index contributed by atoms with van der Waals surface area (Å²) in [7, 11) is 0. The Labute approximate surface area is 649 Å². The Morgan fingerprint density at radius 3 is 1.76 bits per heavy atom. The monoisotopic (exact) mass is 1480 g/mol. The number of furan rings is 1. The van der Waals surface area contributed by atoms with Crippen LogP contribution in [-0.2, 0) is 6.42 Å². The van der Waals surface area contributed by atoms with Crippen molar-refractivity contribution in [1.29, 1.82) is 0 Å². The first-order valence-corrected chi connectivity index (χ1v) is 40.1. The van der Waals surface area contributed by atoms with Gasteiger partial charge in [-0.25, -0.2) is 19.7 Å². The normalized spacial score (nSPS) is 12.5. The Balaban J connectivity index is 0.000000140. The van der Waals surface area contributed by atoms with Gasteiger partial charge >= 0.3 is 5.69 Å². The van der Waals surface area contributed by atoms with Gasteiger partial charge in [0.1, 0.15) is 12.1 Å². The van der Waals surface area contributed by atoms with E-state index in [1.165, 1.54) is 76.6 Å². The molecule has 1 aliphatic carbocycles. The molecular weight excluding hydrogens is 1370 g/mol. The second kappa shape index (κ2) is 40.2. The molecule has 0 spiro atoms. The number of aromatic nitrogens is 7. The number of aryl methyl sites for hydroxylation is 1. The van der Waals surface area contributed by atoms with E-state index in [1.807, 2.05) is 93.0 Å². The van der Waals surface area contributed by atoms with Gasteiger partial charge in [-0.2, -0.15) is 0 Å². The molecule has 1 atom stereocenters. The van der Waals surface area contributed by atoms with E-state index < -0.39 is 0 Å². The molecule has 13 heteroatoms. The fourth-order valence-electron chi connectivity index (χ4n) is 13.1. The maximum atomic E-state index is 11.5. The highest BCUT2D eigenvalue weighted by Gasteiger charge is 2.24. The third-order valence-corrected chi connectivity index (χ3v) is 21.2. The highest BCUT2D eigenvalue weighted by Crippen LogP contribution is 2.38. The zero-order valence-corrected chi connectivity index (χ0v) is 68.3. The summed E-state index contributed by atoms with van der Waals surface area (Å²) in [6.07, 6.45) is 9.77. The molecule has 0 bridgehead atoms. The number of nitrogens with one attached hydrogen (secondary N) is 1. The lowest BCUT2D eigenvalue weighted by Gasteiger charge is -2.14. The average molecular weight is 1480 g/mol. The van der Waals surface area contributed by atoms with Crippen LogP contribution in [0.2, 0.25) is 0 Å². The number of thiazole rings is 1. The van der Waals surface area contributed by atoms with Crippen molar-refractivity contribution >= 4 is 86.6 Å². The Morgan fingerprint density at radius 1 is 0.481 bits per heavy atom. The summed E-state index contributed by atoms with van der Waals surface area (Å²) in [5.74, 6) is 8.16. The second-order valence-electron chi connectivity index (χ2n) is 30.0. The molecule has 11 nitrogen and oxygen atoms in total. The number of benzene rings is 8. The van der Waals surface area contributed by atoms with Crippen molar-refractivity contribution in [1.82, 2.24) is 34.5 Å². The SMILES string of the molecule is CC(C)C1CCc2ccccc21.CC(C)c1ccc2c(c1)OCO2.CC(C)c1cccc2ccccc12.CC(C)c1ccco1.CC(C)c1ccnc2ccccc12.CC(C)c1nc2ccccc2s1.CC(C)c1nccc2ccccc12.CC(C)c1ncnc2ccsc12.CC(C)n1c(=O)[nH]c2ccccc21. The number of rotatable bonds is 9. The zero-order valence-electron chi connectivity index (χ0n) is 66.6. The lowest BCUT2D eigenvalue weighted by atomic mass is 9.90. The molecule has 1 aliphatic heterocycles. The standard InChI is InChI=1S/C13H14.2C12H13N.C12H16.C10H12N2O.C10H11NS.C10H12O2.C9H10N2S.C7H10O/c1-10(2)12-9-5-7-11-6-3-4-8-13(11)12;1-9(2)10-7-8-13-12-6-4-3-5-11(10)12;1-9(2)12-11-6-4-3-5-10(11)7-8-13-12;1-9(2)11-8-7-10-5-3-4-6-12(10)11;1-7(2)12-9-6-4-3-5-8(9)11-10(12)13;1-7(2)10-11-8-5-3-4-6-9(8)12-10;1-7(2)8-3-4-9-10(5-8)12-6-11-9;1-6(2)8-9-7(3-4-12-9)10-5-11-8;1-6(2)7-4-3-5-8-7/h3-10H,1-2H3;2*3-9H,1-2H3;3-6,9,11H,7-8H2,1-2H3;3-7H,1-2H3,(H,11,13);3-7H,1-2H3;3-5,7H,6H2,1-2H3;3-6H,1-2H3;3-6H,1-2H3. The van der Waals surface area contributed by atoms with Crippen molar-refractivity contribution in [3.05, 3.63) is 303 Å². The molecule has 0 radical (unpaired) electrons. The van der Waals surface area contributed by atoms with Crippen LogP contribution in [0.5, 0.6) is 11.5 Å². The number of pyridine rings is 2. The highest BCUT2D eigenvalue weighted by molar-refractivity contribution is 7.18. The molecule has 2 aliphatic rings. The molecule has 0 fully saturated rings. The van der Waals surface area contributed by atoms with Gasteiger partial charge in [0.15, 0.2) is 11.5 Å². The molecular formula is C95H111N7O4S2. The van der Waals surface area contributed by atoms with E-state index in [-0.39, 0.29) is 11.7 Å². The summed E-state index contributed by atoms with van der Waals surface area (Å²) in [6.45, 7) is 39.5. The largest absolute Gasteiger partial charge is 0.469 e. The van der Waals surface area contributed by atoms with Crippen molar-refractivity contribution in [2.75, 3.05) is 6.79 Å². The maximum Gasteiger partial charge on any atom is 0.326 e. The Hall–Kier alpha value is -10.1. The first-order valence-electron chi connectivity index (χ1n) is 38.4. The van der Waals surface area contributed by atoms with Gasteiger partial charge in [-0.1, -0.05) is 250 Å². The number of imidazole rings is 1. The molecule has 8 heterocycles. The molecule has 0 saturated heterocycles. The quantitative estimate of drug-likeness (QED) is 0.150. The summed E-state index contributed by atoms with van der Waals surface area (Å²) in [4.78, 5) is 36.0. The number of hydrogen-bond acceptors (Lipinski definition) is 11. The number of thiophene rings is 1. The minimum absolute atomic E-state index is 0.0313. The summed E-state index contributed by atoms with van der Waals surface area (Å²) in [6, 6.07) is 73.1. The molecule has 1 unspecified atom stereocenters. The van der Waals surface area contributed by atoms with Crippen molar-refractivity contribution in [2.24, 2.45) is 5.92 Å². The number of nitrogens with zero attached hydrogens (tertiary/aromatic N) is 6. The first kappa shape index (κ1) is 82.0. The average Bonchev–Trinajstić information content (AvgIpc) is 1.75. The van der Waals surface area contributed by atoms with Crippen LogP contribution in [0.1, 0.15) is 234 Å². The number of para-hydroxylation sites is 4. The minimum Gasteiger partial charge on any atom is -0.469 e. The van der Waals surface area contributed by atoms with E-state index >= 15 is 0 Å². The molecule has 17 rings (SSSR count). The lowest BCUT2D eigenvalue weighted by Crippen LogP contribution is -2.18. The predicted molar refractivity (Wildman–Crippen MR) is 460 cm³/mol. The summed E-state index contributed by atoms with van der Waals surface area (Å²) < 4.78 is 19.9. The third kappa shape index (κ3) is 22.3. The number of H-pyrrole nitrogens is 1. The Morgan fingerprint density at radius 2 is 1.10 bits per heavy atom. The number of hydrogen-bond donors (Lipinski definition) is 1. The van der Waals surface area contributed by atoms with Gasteiger partial charge in [-0.3, -0.25) is 14.5 Å². The van der Waals surface area contributed by atoms with E-state index in [2.05, 4.69) is 292 Å². The van der Waals surface area contributed by atoms with Crippen molar-refractivity contribution in [3.63, 3.8) is 0 Å². The van der Waals surface area contributed by atoms with Crippen LogP contribution in [0.3, 0.4) is 0 Å². The van der Waals surface area contributed by atoms with Gasteiger partial charge in [0, 0.05) is 41.0 Å². The smallest absolute Gasteiger partial charge is 0.326 e. The summed E-state index contributed by atoms with van der Waals surface area (Å²) >= 11 is 3.51. The summed E-state index contributed by atoms with van der Waals surface area (Å²) in [5.41, 5.74) is 14.8.